The van der Waals surface area contributed by atoms with Gasteiger partial charge in [-0.15, -0.1) is 0 Å². The minimum Gasteiger partial charge on any atom is -0.465 e. The first-order valence-corrected chi connectivity index (χ1v) is 5.13. The molecule has 15 heavy (non-hydrogen) atoms. The van der Waals surface area contributed by atoms with Crippen LogP contribution in [0.25, 0.3) is 0 Å². The van der Waals surface area contributed by atoms with Gasteiger partial charge in [-0.25, -0.2) is 4.79 Å². The van der Waals surface area contributed by atoms with Crippen molar-refractivity contribution >= 4 is 5.97 Å². The third-order valence-electron chi connectivity index (χ3n) is 2.37. The highest BCUT2D eigenvalue weighted by molar-refractivity contribution is 5.91. The summed E-state index contributed by atoms with van der Waals surface area (Å²) in [6.45, 7) is 2.07. The summed E-state index contributed by atoms with van der Waals surface area (Å²) in [4.78, 5) is 11.5. The Morgan fingerprint density at radius 2 is 2.13 bits per heavy atom. The number of rotatable bonds is 4. The first-order valence-electron chi connectivity index (χ1n) is 5.13. The van der Waals surface area contributed by atoms with E-state index < -0.39 is 0 Å². The van der Waals surface area contributed by atoms with Crippen LogP contribution in [0, 0.1) is 0 Å². The Morgan fingerprint density at radius 3 is 2.73 bits per heavy atom. The minimum absolute atomic E-state index is 0.0923. The molecule has 1 atom stereocenters. The van der Waals surface area contributed by atoms with Gasteiger partial charge >= 0.3 is 5.97 Å². The molecular formula is C12H17NO2. The van der Waals surface area contributed by atoms with Crippen molar-refractivity contribution in [2.45, 2.75) is 25.8 Å². The molecule has 3 nitrogen and oxygen atoms in total. The van der Waals surface area contributed by atoms with Crippen LogP contribution in [0.15, 0.2) is 24.3 Å². The van der Waals surface area contributed by atoms with Crippen LogP contribution in [0.2, 0.25) is 0 Å². The van der Waals surface area contributed by atoms with Gasteiger partial charge in [0.25, 0.3) is 0 Å². The van der Waals surface area contributed by atoms with Crippen molar-refractivity contribution in [3.63, 3.8) is 0 Å². The van der Waals surface area contributed by atoms with Crippen LogP contribution in [0.5, 0.6) is 0 Å². The normalized spacial score (nSPS) is 12.2. The van der Waals surface area contributed by atoms with Gasteiger partial charge in [-0.3, -0.25) is 0 Å². The average Bonchev–Trinajstić information content (AvgIpc) is 2.28. The maximum atomic E-state index is 11.5. The van der Waals surface area contributed by atoms with E-state index in [9.17, 15) is 4.79 Å². The number of nitrogens with two attached hydrogens (primary N) is 1. The fourth-order valence-electron chi connectivity index (χ4n) is 1.58. The van der Waals surface area contributed by atoms with Crippen LogP contribution in [0.1, 0.15) is 41.7 Å². The molecule has 0 fully saturated rings. The van der Waals surface area contributed by atoms with E-state index >= 15 is 0 Å². The van der Waals surface area contributed by atoms with E-state index in [2.05, 4.69) is 6.92 Å². The Hall–Kier alpha value is -1.35. The first kappa shape index (κ1) is 11.7. The maximum Gasteiger partial charge on any atom is 0.338 e. The highest BCUT2D eigenvalue weighted by Gasteiger charge is 2.15. The van der Waals surface area contributed by atoms with Gasteiger partial charge in [0.15, 0.2) is 0 Å². The molecule has 0 aliphatic rings. The van der Waals surface area contributed by atoms with Gasteiger partial charge in [0.05, 0.1) is 12.7 Å². The van der Waals surface area contributed by atoms with Gasteiger partial charge in [0.1, 0.15) is 0 Å². The molecule has 0 unspecified atom stereocenters. The third kappa shape index (κ3) is 2.80. The number of esters is 1. The summed E-state index contributed by atoms with van der Waals surface area (Å²) in [5, 5.41) is 0. The largest absolute Gasteiger partial charge is 0.465 e. The molecule has 0 amide bonds. The van der Waals surface area contributed by atoms with Gasteiger partial charge in [-0.2, -0.15) is 0 Å². The molecule has 1 aromatic rings. The van der Waals surface area contributed by atoms with E-state index in [1.54, 1.807) is 6.07 Å². The van der Waals surface area contributed by atoms with E-state index in [0.717, 1.165) is 18.4 Å². The lowest BCUT2D eigenvalue weighted by Gasteiger charge is -2.14. The van der Waals surface area contributed by atoms with Crippen molar-refractivity contribution in [1.82, 2.24) is 0 Å². The summed E-state index contributed by atoms with van der Waals surface area (Å²) in [5.41, 5.74) is 7.43. The lowest BCUT2D eigenvalue weighted by molar-refractivity contribution is 0.0599. The van der Waals surface area contributed by atoms with Gasteiger partial charge in [-0.1, -0.05) is 31.5 Å². The summed E-state index contributed by atoms with van der Waals surface area (Å²) in [5.74, 6) is -0.322. The standard InChI is InChI=1S/C12H17NO2/c1-3-6-11(13)9-7-4-5-8-10(9)12(14)15-2/h4-5,7-8,11H,3,6,13H2,1-2H3/t11-/m0/s1. The molecule has 0 saturated carbocycles. The second-order valence-electron chi connectivity index (χ2n) is 3.47. The molecule has 0 heterocycles. The summed E-state index contributed by atoms with van der Waals surface area (Å²) < 4.78 is 4.71. The molecular weight excluding hydrogens is 190 g/mol. The van der Waals surface area contributed by atoms with Crippen LogP contribution in [-0.4, -0.2) is 13.1 Å². The van der Waals surface area contributed by atoms with Gasteiger partial charge in [0.2, 0.25) is 0 Å². The molecule has 2 N–H and O–H groups in total. The third-order valence-corrected chi connectivity index (χ3v) is 2.37. The zero-order valence-corrected chi connectivity index (χ0v) is 9.19. The van der Waals surface area contributed by atoms with Gasteiger partial charge in [-0.05, 0) is 18.1 Å². The zero-order chi connectivity index (χ0) is 11.3. The fourth-order valence-corrected chi connectivity index (χ4v) is 1.58. The van der Waals surface area contributed by atoms with Gasteiger partial charge < -0.3 is 10.5 Å². The van der Waals surface area contributed by atoms with E-state index in [4.69, 9.17) is 10.5 Å². The molecule has 0 bridgehead atoms. The number of ether oxygens (including phenoxy) is 1. The average molecular weight is 207 g/mol. The lowest BCUT2D eigenvalue weighted by atomic mass is 9.98. The Morgan fingerprint density at radius 1 is 1.47 bits per heavy atom. The Bertz CT molecular complexity index is 336. The van der Waals surface area contributed by atoms with E-state index in [1.807, 2.05) is 18.2 Å². The van der Waals surface area contributed by atoms with Crippen molar-refractivity contribution in [1.29, 1.82) is 0 Å². The van der Waals surface area contributed by atoms with Crippen molar-refractivity contribution in [2.24, 2.45) is 5.73 Å². The van der Waals surface area contributed by atoms with E-state index in [1.165, 1.54) is 7.11 Å². The minimum atomic E-state index is -0.322. The molecule has 0 aliphatic heterocycles. The fraction of sp³-hybridized carbons (Fsp3) is 0.417. The Kier molecular flexibility index (Phi) is 4.31. The molecule has 0 radical (unpaired) electrons. The summed E-state index contributed by atoms with van der Waals surface area (Å²) >= 11 is 0. The van der Waals surface area contributed by atoms with Crippen LogP contribution in [0.4, 0.5) is 0 Å². The maximum absolute atomic E-state index is 11.5. The number of hydrogen-bond acceptors (Lipinski definition) is 3. The van der Waals surface area contributed by atoms with Crippen molar-refractivity contribution < 1.29 is 9.53 Å². The quantitative estimate of drug-likeness (QED) is 0.770. The molecule has 1 aromatic carbocycles. The molecule has 3 heteroatoms. The van der Waals surface area contributed by atoms with Crippen molar-refractivity contribution in [3.8, 4) is 0 Å². The zero-order valence-electron chi connectivity index (χ0n) is 9.19. The SMILES string of the molecule is CCC[C@H](N)c1ccccc1C(=O)OC. The number of hydrogen-bond donors (Lipinski definition) is 1. The lowest BCUT2D eigenvalue weighted by Crippen LogP contribution is -2.15. The molecule has 1 rings (SSSR count). The summed E-state index contributed by atoms with van der Waals surface area (Å²) in [6.07, 6.45) is 1.87. The van der Waals surface area contributed by atoms with Crippen LogP contribution >= 0.6 is 0 Å². The smallest absolute Gasteiger partial charge is 0.338 e. The molecule has 82 valence electrons. The summed E-state index contributed by atoms with van der Waals surface area (Å²) in [6, 6.07) is 7.24. The first-order chi connectivity index (χ1) is 7.20. The number of benzene rings is 1. The van der Waals surface area contributed by atoms with Crippen LogP contribution in [0.3, 0.4) is 0 Å². The predicted octanol–water partition coefficient (Wildman–Crippen LogP) is 2.27. The molecule has 0 saturated heterocycles. The predicted molar refractivity (Wildman–Crippen MR) is 59.6 cm³/mol. The summed E-state index contributed by atoms with van der Waals surface area (Å²) in [7, 11) is 1.38. The Balaban J connectivity index is 3.00. The molecule has 0 aromatic heterocycles. The van der Waals surface area contributed by atoms with Crippen molar-refractivity contribution in [2.75, 3.05) is 7.11 Å². The molecule has 0 aliphatic carbocycles. The second kappa shape index (κ2) is 5.51. The van der Waals surface area contributed by atoms with Crippen LogP contribution in [-0.2, 0) is 4.74 Å². The van der Waals surface area contributed by atoms with E-state index in [0.29, 0.717) is 5.56 Å². The second-order valence-corrected chi connectivity index (χ2v) is 3.47. The highest BCUT2D eigenvalue weighted by atomic mass is 16.5. The van der Waals surface area contributed by atoms with E-state index in [-0.39, 0.29) is 12.0 Å². The van der Waals surface area contributed by atoms with Crippen molar-refractivity contribution in [3.05, 3.63) is 35.4 Å². The Labute approximate surface area is 90.2 Å². The van der Waals surface area contributed by atoms with Crippen LogP contribution < -0.4 is 5.73 Å². The monoisotopic (exact) mass is 207 g/mol. The molecule has 0 spiro atoms. The topological polar surface area (TPSA) is 52.3 Å². The highest BCUT2D eigenvalue weighted by Crippen LogP contribution is 2.20. The number of carbonyl (C=O) groups is 1. The number of methoxy groups -OCH3 is 1. The van der Waals surface area contributed by atoms with Gasteiger partial charge in [0, 0.05) is 6.04 Å². The number of carbonyl (C=O) groups excluding carboxylic acids is 1.